The van der Waals surface area contributed by atoms with Crippen molar-refractivity contribution in [2.24, 2.45) is 0 Å². The summed E-state index contributed by atoms with van der Waals surface area (Å²) in [7, 11) is 0. The van der Waals surface area contributed by atoms with Crippen LogP contribution in [-0.2, 0) is 4.74 Å². The second kappa shape index (κ2) is 8.87. The fourth-order valence-corrected chi connectivity index (χ4v) is 4.37. The highest BCUT2D eigenvalue weighted by Crippen LogP contribution is 2.46. The van der Waals surface area contributed by atoms with E-state index in [-0.39, 0.29) is 12.5 Å². The van der Waals surface area contributed by atoms with Crippen molar-refractivity contribution >= 4 is 43.2 Å². The van der Waals surface area contributed by atoms with Gasteiger partial charge in [0.15, 0.2) is 12.5 Å². The molecule has 2 unspecified atom stereocenters. The largest absolute Gasteiger partial charge is 0.323 e. The lowest BCUT2D eigenvalue weighted by atomic mass is 10.2. The molecule has 1 saturated heterocycles. The average molecular weight is 536 g/mol. The number of ether oxygens (including phenoxy) is 1. The predicted octanol–water partition coefficient (Wildman–Crippen LogP) is 7.87. The van der Waals surface area contributed by atoms with Crippen LogP contribution < -0.4 is 10.0 Å². The van der Waals surface area contributed by atoms with Gasteiger partial charge in [-0.05, 0) is 48.5 Å². The van der Waals surface area contributed by atoms with Crippen LogP contribution in [0.3, 0.4) is 0 Å². The Hall–Kier alpha value is -2.60. The molecule has 4 aromatic rings. The molecule has 5 rings (SSSR count). The van der Waals surface area contributed by atoms with E-state index in [1.807, 2.05) is 12.1 Å². The number of nitrogens with zero attached hydrogens (tertiary/aromatic N) is 2. The van der Waals surface area contributed by atoms with Crippen molar-refractivity contribution < 1.29 is 4.74 Å². The van der Waals surface area contributed by atoms with Gasteiger partial charge in [-0.3, -0.25) is 0 Å². The summed E-state index contributed by atoms with van der Waals surface area (Å²) in [6.45, 7) is 0. The Morgan fingerprint density at radius 3 is 1.19 bits per heavy atom. The van der Waals surface area contributed by atoms with Crippen LogP contribution in [0.25, 0.3) is 0 Å². The monoisotopic (exact) mass is 534 g/mol. The number of halogens is 2. The Labute approximate surface area is 199 Å². The second-order valence-corrected chi connectivity index (χ2v) is 9.14. The van der Waals surface area contributed by atoms with Gasteiger partial charge in [-0.1, -0.05) is 92.5 Å². The maximum atomic E-state index is 6.77. The highest BCUT2D eigenvalue weighted by atomic mass is 79.9. The summed E-state index contributed by atoms with van der Waals surface area (Å²) in [5.74, 6) is 0. The standard InChI is InChI=1S/C26H20Br2N2O/c27-21-15-11-19(12-16-21)25-29(23-7-3-1-4-8-23)30(24-9-5-2-6-10-24)26(31-25)20-13-17-22(28)18-14-20/h1-18,25-26H. The van der Waals surface area contributed by atoms with Crippen LogP contribution in [-0.4, -0.2) is 0 Å². The molecule has 0 aromatic heterocycles. The Kier molecular flexibility index (Phi) is 5.81. The zero-order valence-electron chi connectivity index (χ0n) is 16.6. The normalized spacial score (nSPS) is 18.4. The summed E-state index contributed by atoms with van der Waals surface area (Å²) in [6, 6.07) is 37.5. The van der Waals surface area contributed by atoms with Crippen molar-refractivity contribution in [1.82, 2.24) is 0 Å². The van der Waals surface area contributed by atoms with Crippen molar-refractivity contribution in [2.75, 3.05) is 10.0 Å². The van der Waals surface area contributed by atoms with Gasteiger partial charge in [0.05, 0.1) is 11.4 Å². The molecule has 0 bridgehead atoms. The van der Waals surface area contributed by atoms with E-state index in [0.29, 0.717) is 0 Å². The first-order valence-corrected chi connectivity index (χ1v) is 11.6. The average Bonchev–Trinajstić information content (AvgIpc) is 3.22. The Balaban J connectivity index is 1.68. The SMILES string of the molecule is Brc1ccc(C2OC(c3ccc(Br)cc3)N(c3ccccc3)N2c2ccccc2)cc1. The third kappa shape index (κ3) is 4.13. The minimum atomic E-state index is -0.274. The quantitative estimate of drug-likeness (QED) is 0.264. The van der Waals surface area contributed by atoms with Crippen LogP contribution in [0, 0.1) is 0 Å². The van der Waals surface area contributed by atoms with E-state index in [4.69, 9.17) is 4.74 Å². The molecule has 0 N–H and O–H groups in total. The number of rotatable bonds is 4. The van der Waals surface area contributed by atoms with E-state index in [1.165, 1.54) is 0 Å². The molecule has 3 nitrogen and oxygen atoms in total. The maximum Gasteiger partial charge on any atom is 0.177 e. The zero-order valence-corrected chi connectivity index (χ0v) is 19.8. The molecule has 1 fully saturated rings. The minimum absolute atomic E-state index is 0.274. The molecule has 5 heteroatoms. The number of hydrazine groups is 1. The number of benzene rings is 4. The van der Waals surface area contributed by atoms with E-state index in [9.17, 15) is 0 Å². The molecule has 0 aliphatic carbocycles. The van der Waals surface area contributed by atoms with Gasteiger partial charge in [0.1, 0.15) is 0 Å². The van der Waals surface area contributed by atoms with Crippen LogP contribution in [0.4, 0.5) is 11.4 Å². The van der Waals surface area contributed by atoms with E-state index >= 15 is 0 Å². The van der Waals surface area contributed by atoms with Crippen molar-refractivity contribution in [3.8, 4) is 0 Å². The number of anilines is 2. The first-order chi connectivity index (χ1) is 15.2. The summed E-state index contributed by atoms with van der Waals surface area (Å²) >= 11 is 7.10. The highest BCUT2D eigenvalue weighted by Gasteiger charge is 2.42. The first-order valence-electron chi connectivity index (χ1n) is 10.1. The second-order valence-electron chi connectivity index (χ2n) is 7.30. The summed E-state index contributed by atoms with van der Waals surface area (Å²) in [5.41, 5.74) is 4.32. The topological polar surface area (TPSA) is 15.7 Å². The highest BCUT2D eigenvalue weighted by molar-refractivity contribution is 9.10. The molecule has 154 valence electrons. The molecule has 0 spiro atoms. The van der Waals surface area contributed by atoms with Gasteiger partial charge in [-0.2, -0.15) is 0 Å². The van der Waals surface area contributed by atoms with Gasteiger partial charge in [-0.15, -0.1) is 0 Å². The zero-order chi connectivity index (χ0) is 21.2. The van der Waals surface area contributed by atoms with E-state index in [0.717, 1.165) is 31.4 Å². The molecular formula is C26H20Br2N2O. The van der Waals surface area contributed by atoms with Gasteiger partial charge in [0.25, 0.3) is 0 Å². The molecule has 1 aliphatic heterocycles. The summed E-state index contributed by atoms with van der Waals surface area (Å²) < 4.78 is 8.86. The van der Waals surface area contributed by atoms with Gasteiger partial charge in [-0.25, -0.2) is 10.0 Å². The maximum absolute atomic E-state index is 6.77. The summed E-state index contributed by atoms with van der Waals surface area (Å²) in [5, 5.41) is 4.48. The number of hydrogen-bond acceptors (Lipinski definition) is 3. The summed E-state index contributed by atoms with van der Waals surface area (Å²) in [4.78, 5) is 0. The van der Waals surface area contributed by atoms with Gasteiger partial charge in [0, 0.05) is 20.1 Å². The molecule has 1 heterocycles. The van der Waals surface area contributed by atoms with Gasteiger partial charge >= 0.3 is 0 Å². The predicted molar refractivity (Wildman–Crippen MR) is 133 cm³/mol. The third-order valence-electron chi connectivity index (χ3n) is 5.29. The van der Waals surface area contributed by atoms with Crippen LogP contribution in [0.5, 0.6) is 0 Å². The van der Waals surface area contributed by atoms with Crippen LogP contribution >= 0.6 is 31.9 Å². The first kappa shape index (κ1) is 20.3. The molecule has 2 atom stereocenters. The summed E-state index contributed by atoms with van der Waals surface area (Å²) in [6.07, 6.45) is -0.547. The van der Waals surface area contributed by atoms with Crippen LogP contribution in [0.2, 0.25) is 0 Å². The minimum Gasteiger partial charge on any atom is -0.323 e. The van der Waals surface area contributed by atoms with Crippen LogP contribution in [0.1, 0.15) is 23.6 Å². The smallest absolute Gasteiger partial charge is 0.177 e. The number of hydrogen-bond donors (Lipinski definition) is 0. The van der Waals surface area contributed by atoms with E-state index in [1.54, 1.807) is 0 Å². The fraction of sp³-hybridized carbons (Fsp3) is 0.0769. The van der Waals surface area contributed by atoms with Gasteiger partial charge in [0.2, 0.25) is 0 Å². The van der Waals surface area contributed by atoms with E-state index < -0.39 is 0 Å². The van der Waals surface area contributed by atoms with Crippen molar-refractivity contribution in [3.05, 3.63) is 129 Å². The number of para-hydroxylation sites is 2. The molecule has 4 aromatic carbocycles. The Morgan fingerprint density at radius 1 is 0.484 bits per heavy atom. The Morgan fingerprint density at radius 2 is 0.839 bits per heavy atom. The molecule has 1 aliphatic rings. The lowest BCUT2D eigenvalue weighted by Gasteiger charge is -2.35. The molecule has 0 saturated carbocycles. The van der Waals surface area contributed by atoms with Gasteiger partial charge < -0.3 is 4.74 Å². The van der Waals surface area contributed by atoms with Crippen molar-refractivity contribution in [1.29, 1.82) is 0 Å². The van der Waals surface area contributed by atoms with E-state index in [2.05, 4.69) is 139 Å². The molecule has 31 heavy (non-hydrogen) atoms. The molecular weight excluding hydrogens is 516 g/mol. The molecule has 0 amide bonds. The fourth-order valence-electron chi connectivity index (χ4n) is 3.84. The third-order valence-corrected chi connectivity index (χ3v) is 6.34. The van der Waals surface area contributed by atoms with Crippen LogP contribution in [0.15, 0.2) is 118 Å². The van der Waals surface area contributed by atoms with Crippen molar-refractivity contribution in [2.45, 2.75) is 12.5 Å². The lowest BCUT2D eigenvalue weighted by molar-refractivity contribution is 0.0451. The van der Waals surface area contributed by atoms with Crippen molar-refractivity contribution in [3.63, 3.8) is 0 Å². The Bertz CT molecular complexity index is 1040. The lowest BCUT2D eigenvalue weighted by Crippen LogP contribution is -2.39. The molecule has 0 radical (unpaired) electrons.